The molecular formula is C24H36O3. The Balaban J connectivity index is 1.57. The smallest absolute Gasteiger partial charge is 0.302 e. The molecular weight excluding hydrogens is 336 g/mol. The second-order valence-electron chi connectivity index (χ2n) is 10.5. The van der Waals surface area contributed by atoms with Crippen molar-refractivity contribution in [3.8, 4) is 0 Å². The Morgan fingerprint density at radius 2 is 1.74 bits per heavy atom. The molecule has 0 radical (unpaired) electrons. The molecule has 3 heteroatoms. The standard InChI is InChI=1S/C24H36O3/c1-14-12-21-19-7-6-17-13-18(27-16(3)26)8-10-23(17,4)20(19)9-11-24(21,5)22(14)15(2)25/h17-21H,6-13H2,1-5H3. The van der Waals surface area contributed by atoms with Crippen molar-refractivity contribution in [2.45, 2.75) is 92.1 Å². The van der Waals surface area contributed by atoms with E-state index in [0.29, 0.717) is 23.0 Å². The fourth-order valence-corrected chi connectivity index (χ4v) is 8.19. The average Bonchev–Trinajstić information content (AvgIpc) is 2.85. The SMILES string of the molecule is CC(=O)OC1CCC2(C)C(CCC3C4CC(C)=C(C(C)=O)C4(C)CCC32)C1. The van der Waals surface area contributed by atoms with Gasteiger partial charge in [-0.1, -0.05) is 19.4 Å². The number of allylic oxidation sites excluding steroid dienone is 2. The number of hydrogen-bond acceptors (Lipinski definition) is 3. The van der Waals surface area contributed by atoms with E-state index in [2.05, 4.69) is 20.8 Å². The van der Waals surface area contributed by atoms with E-state index in [4.69, 9.17) is 4.74 Å². The van der Waals surface area contributed by atoms with Crippen LogP contribution in [0, 0.1) is 34.5 Å². The molecule has 0 heterocycles. The Morgan fingerprint density at radius 3 is 2.41 bits per heavy atom. The summed E-state index contributed by atoms with van der Waals surface area (Å²) in [5.74, 6) is 3.03. The maximum atomic E-state index is 12.4. The molecule has 0 bridgehead atoms. The zero-order valence-corrected chi connectivity index (χ0v) is 17.8. The van der Waals surface area contributed by atoms with Crippen LogP contribution in [0.3, 0.4) is 0 Å². The van der Waals surface area contributed by atoms with Gasteiger partial charge in [0.25, 0.3) is 0 Å². The summed E-state index contributed by atoms with van der Waals surface area (Å²) in [5.41, 5.74) is 3.02. The second-order valence-corrected chi connectivity index (χ2v) is 10.5. The molecule has 0 aromatic rings. The van der Waals surface area contributed by atoms with Crippen LogP contribution in [0.4, 0.5) is 0 Å². The fraction of sp³-hybridized carbons (Fsp3) is 0.833. The van der Waals surface area contributed by atoms with Crippen LogP contribution < -0.4 is 0 Å². The maximum Gasteiger partial charge on any atom is 0.302 e. The number of ketones is 1. The third-order valence-corrected chi connectivity index (χ3v) is 9.22. The van der Waals surface area contributed by atoms with E-state index in [1.807, 2.05) is 0 Å². The lowest BCUT2D eigenvalue weighted by molar-refractivity contribution is -0.159. The van der Waals surface area contributed by atoms with E-state index in [0.717, 1.165) is 36.7 Å². The van der Waals surface area contributed by atoms with E-state index in [1.54, 1.807) is 6.92 Å². The molecule has 0 aliphatic heterocycles. The van der Waals surface area contributed by atoms with E-state index >= 15 is 0 Å². The molecule has 7 unspecified atom stereocenters. The largest absolute Gasteiger partial charge is 0.463 e. The van der Waals surface area contributed by atoms with E-state index < -0.39 is 0 Å². The fourth-order valence-electron chi connectivity index (χ4n) is 8.19. The molecule has 0 N–H and O–H groups in total. The lowest BCUT2D eigenvalue weighted by atomic mass is 9.44. The van der Waals surface area contributed by atoms with Crippen molar-refractivity contribution in [3.05, 3.63) is 11.1 Å². The molecule has 27 heavy (non-hydrogen) atoms. The number of hydrogen-bond donors (Lipinski definition) is 0. The summed E-state index contributed by atoms with van der Waals surface area (Å²) in [5, 5.41) is 0. The monoisotopic (exact) mass is 372 g/mol. The summed E-state index contributed by atoms with van der Waals surface area (Å²) in [6.07, 6.45) is 9.49. The number of carbonyl (C=O) groups is 2. The maximum absolute atomic E-state index is 12.4. The van der Waals surface area contributed by atoms with Crippen LogP contribution in [0.25, 0.3) is 0 Å². The summed E-state index contributed by atoms with van der Waals surface area (Å²) in [7, 11) is 0. The molecule has 0 aromatic carbocycles. The topological polar surface area (TPSA) is 43.4 Å². The van der Waals surface area contributed by atoms with Gasteiger partial charge in [0.05, 0.1) is 0 Å². The van der Waals surface area contributed by atoms with Crippen molar-refractivity contribution in [2.75, 3.05) is 0 Å². The number of esters is 1. The van der Waals surface area contributed by atoms with Gasteiger partial charge >= 0.3 is 5.97 Å². The predicted molar refractivity (Wildman–Crippen MR) is 106 cm³/mol. The zero-order chi connectivity index (χ0) is 19.6. The molecule has 0 saturated heterocycles. The van der Waals surface area contributed by atoms with Crippen molar-refractivity contribution >= 4 is 11.8 Å². The Hall–Kier alpha value is -1.12. The van der Waals surface area contributed by atoms with Gasteiger partial charge in [-0.15, -0.1) is 0 Å². The number of fused-ring (bicyclic) bond motifs is 5. The van der Waals surface area contributed by atoms with Gasteiger partial charge in [-0.25, -0.2) is 0 Å². The first-order chi connectivity index (χ1) is 12.7. The van der Waals surface area contributed by atoms with Crippen LogP contribution in [0.1, 0.15) is 86.0 Å². The van der Waals surface area contributed by atoms with Crippen molar-refractivity contribution in [2.24, 2.45) is 34.5 Å². The van der Waals surface area contributed by atoms with E-state index in [-0.39, 0.29) is 17.5 Å². The lowest BCUT2D eigenvalue weighted by Crippen LogP contribution is -2.54. The summed E-state index contributed by atoms with van der Waals surface area (Å²) < 4.78 is 5.58. The Bertz CT molecular complexity index is 692. The summed E-state index contributed by atoms with van der Waals surface area (Å²) in [6.45, 7) is 10.4. The van der Waals surface area contributed by atoms with Crippen molar-refractivity contribution in [1.82, 2.24) is 0 Å². The normalized spacial score (nSPS) is 46.3. The van der Waals surface area contributed by atoms with Gasteiger partial charge in [-0.3, -0.25) is 9.59 Å². The first-order valence-corrected chi connectivity index (χ1v) is 11.0. The number of Topliss-reactive ketones (excluding diaryl/α,β-unsaturated/α-hetero) is 1. The Kier molecular flexibility index (Phi) is 4.59. The van der Waals surface area contributed by atoms with E-state index in [9.17, 15) is 9.59 Å². The highest BCUT2D eigenvalue weighted by molar-refractivity contribution is 5.96. The predicted octanol–water partition coefficient (Wildman–Crippen LogP) is 5.48. The van der Waals surface area contributed by atoms with E-state index in [1.165, 1.54) is 44.6 Å². The molecule has 3 saturated carbocycles. The van der Waals surface area contributed by atoms with Crippen LogP contribution >= 0.6 is 0 Å². The van der Waals surface area contributed by atoms with Crippen LogP contribution in [-0.4, -0.2) is 17.9 Å². The molecule has 3 nitrogen and oxygen atoms in total. The van der Waals surface area contributed by atoms with Crippen molar-refractivity contribution in [3.63, 3.8) is 0 Å². The van der Waals surface area contributed by atoms with Gasteiger partial charge in [0.2, 0.25) is 0 Å². The minimum absolute atomic E-state index is 0.106. The molecule has 0 spiro atoms. The molecule has 0 aromatic heterocycles. The number of ether oxygens (including phenoxy) is 1. The summed E-state index contributed by atoms with van der Waals surface area (Å²) >= 11 is 0. The minimum Gasteiger partial charge on any atom is -0.463 e. The van der Waals surface area contributed by atoms with Gasteiger partial charge in [0, 0.05) is 6.92 Å². The Morgan fingerprint density at radius 1 is 1.00 bits per heavy atom. The number of rotatable bonds is 2. The molecule has 3 fully saturated rings. The van der Waals surface area contributed by atoms with Crippen LogP contribution in [0.15, 0.2) is 11.1 Å². The zero-order valence-electron chi connectivity index (χ0n) is 17.8. The molecule has 0 amide bonds. The van der Waals surface area contributed by atoms with Crippen LogP contribution in [0.5, 0.6) is 0 Å². The van der Waals surface area contributed by atoms with Crippen LogP contribution in [-0.2, 0) is 14.3 Å². The van der Waals surface area contributed by atoms with Crippen molar-refractivity contribution < 1.29 is 14.3 Å². The van der Waals surface area contributed by atoms with Gasteiger partial charge in [-0.05, 0) is 105 Å². The summed E-state index contributed by atoms with van der Waals surface area (Å²) in [6, 6.07) is 0. The van der Waals surface area contributed by atoms with Gasteiger partial charge < -0.3 is 4.74 Å². The quantitative estimate of drug-likeness (QED) is 0.603. The highest BCUT2D eigenvalue weighted by Gasteiger charge is 2.59. The second kappa shape index (κ2) is 6.46. The average molecular weight is 373 g/mol. The van der Waals surface area contributed by atoms with Crippen molar-refractivity contribution in [1.29, 1.82) is 0 Å². The third kappa shape index (κ3) is 2.83. The van der Waals surface area contributed by atoms with Gasteiger partial charge in [0.15, 0.2) is 5.78 Å². The minimum atomic E-state index is -0.130. The number of carbonyl (C=O) groups excluding carboxylic acids is 2. The lowest BCUT2D eigenvalue weighted by Gasteiger charge is -2.60. The molecule has 4 aliphatic rings. The van der Waals surface area contributed by atoms with Gasteiger partial charge in [-0.2, -0.15) is 0 Å². The van der Waals surface area contributed by atoms with Crippen LogP contribution in [0.2, 0.25) is 0 Å². The van der Waals surface area contributed by atoms with Gasteiger partial charge in [0.1, 0.15) is 6.10 Å². The third-order valence-electron chi connectivity index (χ3n) is 9.22. The highest BCUT2D eigenvalue weighted by atomic mass is 16.5. The molecule has 4 aliphatic carbocycles. The highest BCUT2D eigenvalue weighted by Crippen LogP contribution is 2.67. The first kappa shape index (κ1) is 19.2. The Labute approximate surface area is 164 Å². The first-order valence-electron chi connectivity index (χ1n) is 11.0. The molecule has 7 atom stereocenters. The molecule has 150 valence electrons. The molecule has 4 rings (SSSR count). The summed E-state index contributed by atoms with van der Waals surface area (Å²) in [4.78, 5) is 23.8.